The fourth-order valence-electron chi connectivity index (χ4n) is 5.57. The van der Waals surface area contributed by atoms with Crippen molar-refractivity contribution in [2.75, 3.05) is 18.6 Å². The first-order valence-electron chi connectivity index (χ1n) is 12.9. The number of rotatable bonds is 5. The first-order valence-corrected chi connectivity index (χ1v) is 12.9. The molecule has 4 aromatic rings. The molecule has 7 heteroatoms. The van der Waals surface area contributed by atoms with Crippen LogP contribution in [0.25, 0.3) is 21.7 Å². The Labute approximate surface area is 217 Å². The van der Waals surface area contributed by atoms with Gasteiger partial charge in [-0.2, -0.15) is 0 Å². The summed E-state index contributed by atoms with van der Waals surface area (Å²) in [6.45, 7) is 6.11. The van der Waals surface area contributed by atoms with Crippen molar-refractivity contribution in [2.24, 2.45) is 5.92 Å². The van der Waals surface area contributed by atoms with Crippen LogP contribution in [0.1, 0.15) is 37.9 Å². The van der Waals surface area contributed by atoms with Crippen molar-refractivity contribution in [1.82, 2.24) is 15.6 Å². The van der Waals surface area contributed by atoms with Crippen LogP contribution in [0.15, 0.2) is 66.9 Å². The number of H-pyrrole nitrogens is 1. The van der Waals surface area contributed by atoms with Crippen LogP contribution in [-0.4, -0.2) is 42.7 Å². The van der Waals surface area contributed by atoms with Crippen molar-refractivity contribution >= 4 is 39.4 Å². The quantitative estimate of drug-likeness (QED) is 0.348. The minimum Gasteiger partial charge on any atom is -0.447 e. The highest BCUT2D eigenvalue weighted by molar-refractivity contribution is 5.98. The molecule has 0 aliphatic carbocycles. The molecule has 2 amide bonds. The van der Waals surface area contributed by atoms with Crippen LogP contribution in [-0.2, 0) is 16.0 Å². The van der Waals surface area contributed by atoms with Gasteiger partial charge in [-0.25, -0.2) is 4.79 Å². The van der Waals surface area contributed by atoms with Crippen LogP contribution in [0.4, 0.5) is 10.5 Å². The van der Waals surface area contributed by atoms with E-state index in [4.69, 9.17) is 4.74 Å². The number of fused-ring (bicyclic) bond motifs is 1. The van der Waals surface area contributed by atoms with Crippen molar-refractivity contribution in [2.45, 2.75) is 45.3 Å². The second-order valence-electron chi connectivity index (χ2n) is 10.3. The van der Waals surface area contributed by atoms with Crippen LogP contribution in [0.2, 0.25) is 0 Å². The molecule has 37 heavy (non-hydrogen) atoms. The maximum absolute atomic E-state index is 13.4. The lowest BCUT2D eigenvalue weighted by Gasteiger charge is -2.32. The van der Waals surface area contributed by atoms with E-state index in [2.05, 4.69) is 44.8 Å². The first-order chi connectivity index (χ1) is 17.8. The summed E-state index contributed by atoms with van der Waals surface area (Å²) in [4.78, 5) is 31.6. The number of nitrogens with one attached hydrogen (secondary N) is 3. The summed E-state index contributed by atoms with van der Waals surface area (Å²) >= 11 is 0. The molecule has 5 rings (SSSR count). The maximum Gasteiger partial charge on any atom is 0.407 e. The number of nitrogens with zero attached hydrogens (tertiary/aromatic N) is 1. The highest BCUT2D eigenvalue weighted by atomic mass is 16.5. The van der Waals surface area contributed by atoms with E-state index in [0.29, 0.717) is 6.42 Å². The summed E-state index contributed by atoms with van der Waals surface area (Å²) < 4.78 is 5.67. The molecule has 0 fully saturated rings. The van der Waals surface area contributed by atoms with Gasteiger partial charge in [0.1, 0.15) is 12.6 Å². The van der Waals surface area contributed by atoms with E-state index in [1.54, 1.807) is 0 Å². The number of alkyl carbamates (subject to hydrolysis) is 1. The van der Waals surface area contributed by atoms with Gasteiger partial charge in [-0.1, -0.05) is 62.4 Å². The largest absolute Gasteiger partial charge is 0.447 e. The monoisotopic (exact) mass is 498 g/mol. The standard InChI is InChI=1S/C30H34N4O3/c1-18(2)28-29(35)33-22(15-21-16-31-25-13-8-14-26(27(21)25)34(28)4)17-37-30(36)32-19(3)23-12-7-10-20-9-5-6-11-24(20)23/h5-14,16,18-19,22,28,31H,15,17H2,1-4H3,(H,32,36)(H,33,35)/t19-,22+,28+/m1/s1. The van der Waals surface area contributed by atoms with Crippen molar-refractivity contribution < 1.29 is 14.3 Å². The third kappa shape index (κ3) is 4.86. The van der Waals surface area contributed by atoms with E-state index >= 15 is 0 Å². The van der Waals surface area contributed by atoms with Gasteiger partial charge in [0.05, 0.1) is 12.1 Å². The third-order valence-electron chi connectivity index (χ3n) is 7.32. The van der Waals surface area contributed by atoms with Gasteiger partial charge in [0, 0.05) is 29.8 Å². The second kappa shape index (κ2) is 10.2. The predicted octanol–water partition coefficient (Wildman–Crippen LogP) is 5.31. The zero-order chi connectivity index (χ0) is 26.1. The highest BCUT2D eigenvalue weighted by Gasteiger charge is 2.32. The Morgan fingerprint density at radius 3 is 2.65 bits per heavy atom. The summed E-state index contributed by atoms with van der Waals surface area (Å²) in [7, 11) is 1.97. The minimum absolute atomic E-state index is 0.0678. The van der Waals surface area contributed by atoms with E-state index in [-0.39, 0.29) is 36.6 Å². The Morgan fingerprint density at radius 1 is 1.08 bits per heavy atom. The fourth-order valence-corrected chi connectivity index (χ4v) is 5.57. The van der Waals surface area contributed by atoms with Gasteiger partial charge in [-0.3, -0.25) is 4.79 Å². The lowest BCUT2D eigenvalue weighted by molar-refractivity contribution is -0.124. The number of carbonyl (C=O) groups is 2. The molecule has 0 saturated heterocycles. The number of hydrogen-bond acceptors (Lipinski definition) is 4. The molecular formula is C30H34N4O3. The number of aromatic amines is 1. The SMILES string of the molecule is CC(C)[C@H]1C(=O)N[C@H](COC(=O)N[C@H](C)c2cccc3ccccc23)Cc2c[nH]c3cccc(c23)N1C. The normalized spacial score (nSPS) is 18.7. The van der Waals surface area contributed by atoms with Crippen molar-refractivity contribution in [3.63, 3.8) is 0 Å². The Bertz CT molecular complexity index is 1440. The number of benzene rings is 3. The summed E-state index contributed by atoms with van der Waals surface area (Å²) in [5.74, 6) is 0.0222. The second-order valence-corrected chi connectivity index (χ2v) is 10.3. The molecule has 0 radical (unpaired) electrons. The Hall–Kier alpha value is -4.00. The lowest BCUT2D eigenvalue weighted by Crippen LogP contribution is -2.52. The molecule has 1 aromatic heterocycles. The molecule has 192 valence electrons. The zero-order valence-electron chi connectivity index (χ0n) is 21.7. The van der Waals surface area contributed by atoms with Gasteiger partial charge in [-0.15, -0.1) is 0 Å². The minimum atomic E-state index is -0.508. The number of ether oxygens (including phenoxy) is 1. The molecule has 3 atom stereocenters. The van der Waals surface area contributed by atoms with Crippen LogP contribution < -0.4 is 15.5 Å². The molecule has 1 aliphatic rings. The molecule has 0 spiro atoms. The molecule has 0 bridgehead atoms. The van der Waals surface area contributed by atoms with Gasteiger partial charge < -0.3 is 25.3 Å². The van der Waals surface area contributed by atoms with E-state index in [0.717, 1.165) is 38.5 Å². The van der Waals surface area contributed by atoms with E-state index < -0.39 is 6.09 Å². The molecule has 1 aliphatic heterocycles. The number of hydrogen-bond donors (Lipinski definition) is 3. The Balaban J connectivity index is 1.33. The van der Waals surface area contributed by atoms with Gasteiger partial charge >= 0.3 is 6.09 Å². The summed E-state index contributed by atoms with van der Waals surface area (Å²) in [6, 6.07) is 19.3. The third-order valence-corrected chi connectivity index (χ3v) is 7.32. The lowest BCUT2D eigenvalue weighted by atomic mass is 10.00. The number of aromatic nitrogens is 1. The molecule has 7 nitrogen and oxygen atoms in total. The van der Waals surface area contributed by atoms with Crippen LogP contribution in [0, 0.1) is 5.92 Å². The molecule has 2 heterocycles. The molecular weight excluding hydrogens is 464 g/mol. The maximum atomic E-state index is 13.4. The fraction of sp³-hybridized carbons (Fsp3) is 0.333. The number of amides is 2. The topological polar surface area (TPSA) is 86.5 Å². The summed E-state index contributed by atoms with van der Waals surface area (Å²) in [5, 5.41) is 9.43. The van der Waals surface area contributed by atoms with Gasteiger partial charge in [-0.05, 0) is 53.3 Å². The summed E-state index contributed by atoms with van der Waals surface area (Å²) in [5.41, 5.74) is 4.16. The van der Waals surface area contributed by atoms with Gasteiger partial charge in [0.15, 0.2) is 0 Å². The zero-order valence-corrected chi connectivity index (χ0v) is 21.7. The van der Waals surface area contributed by atoms with Crippen LogP contribution in [0.5, 0.6) is 0 Å². The average molecular weight is 499 g/mol. The molecule has 0 unspecified atom stereocenters. The number of likely N-dealkylation sites (N-methyl/N-ethyl adjacent to an activating group) is 1. The smallest absolute Gasteiger partial charge is 0.407 e. The number of carbonyl (C=O) groups excluding carboxylic acids is 2. The van der Waals surface area contributed by atoms with Gasteiger partial charge in [0.2, 0.25) is 5.91 Å². The highest BCUT2D eigenvalue weighted by Crippen LogP contribution is 2.33. The molecule has 3 aromatic carbocycles. The number of anilines is 1. The van der Waals surface area contributed by atoms with E-state index in [1.165, 1.54) is 0 Å². The predicted molar refractivity (Wildman–Crippen MR) is 148 cm³/mol. The van der Waals surface area contributed by atoms with Crippen LogP contribution >= 0.6 is 0 Å². The van der Waals surface area contributed by atoms with E-state index in [1.807, 2.05) is 70.4 Å². The van der Waals surface area contributed by atoms with Gasteiger partial charge in [0.25, 0.3) is 0 Å². The Kier molecular flexibility index (Phi) is 6.78. The molecule has 3 N–H and O–H groups in total. The molecule has 0 saturated carbocycles. The van der Waals surface area contributed by atoms with Crippen molar-refractivity contribution in [1.29, 1.82) is 0 Å². The van der Waals surface area contributed by atoms with E-state index in [9.17, 15) is 9.59 Å². The Morgan fingerprint density at radius 2 is 1.84 bits per heavy atom. The van der Waals surface area contributed by atoms with Crippen molar-refractivity contribution in [3.05, 3.63) is 78.0 Å². The van der Waals surface area contributed by atoms with Crippen molar-refractivity contribution in [3.8, 4) is 0 Å². The first kappa shape index (κ1) is 24.7. The van der Waals surface area contributed by atoms with Crippen LogP contribution in [0.3, 0.4) is 0 Å². The summed E-state index contributed by atoms with van der Waals surface area (Å²) in [6.07, 6.45) is 2.03. The average Bonchev–Trinajstić information content (AvgIpc) is 3.30.